The van der Waals surface area contributed by atoms with E-state index in [1.165, 1.54) is 45.3 Å². The quantitative estimate of drug-likeness (QED) is 0.746. The van der Waals surface area contributed by atoms with Gasteiger partial charge in [-0.05, 0) is 51.2 Å². The van der Waals surface area contributed by atoms with E-state index in [-0.39, 0.29) is 0 Å². The van der Waals surface area contributed by atoms with Crippen molar-refractivity contribution in [2.45, 2.75) is 59.3 Å². The number of carbonyl (C=O) groups is 1. The van der Waals surface area contributed by atoms with E-state index >= 15 is 0 Å². The Bertz CT molecular complexity index is 313. The van der Waals surface area contributed by atoms with Crippen LogP contribution in [0.3, 0.4) is 0 Å². The highest BCUT2D eigenvalue weighted by molar-refractivity contribution is 5.77. The van der Waals surface area contributed by atoms with Gasteiger partial charge in [-0.2, -0.15) is 0 Å². The van der Waals surface area contributed by atoms with Gasteiger partial charge in [0.2, 0.25) is 5.91 Å². The summed E-state index contributed by atoms with van der Waals surface area (Å²) in [4.78, 5) is 16.8. The predicted octanol–water partition coefficient (Wildman–Crippen LogP) is 3.15. The lowest BCUT2D eigenvalue weighted by Gasteiger charge is -2.54. The van der Waals surface area contributed by atoms with Gasteiger partial charge < -0.3 is 9.80 Å². The van der Waals surface area contributed by atoms with Crippen molar-refractivity contribution in [3.05, 3.63) is 0 Å². The number of piperidine rings is 1. The molecule has 0 radical (unpaired) electrons. The minimum absolute atomic E-state index is 0.395. The molecule has 0 aromatic heterocycles. The summed E-state index contributed by atoms with van der Waals surface area (Å²) in [6, 6.07) is 0. The molecule has 2 heterocycles. The highest BCUT2D eigenvalue weighted by atomic mass is 16.2. The molecule has 0 bridgehead atoms. The monoisotopic (exact) mass is 280 g/mol. The minimum Gasteiger partial charge on any atom is -0.341 e. The van der Waals surface area contributed by atoms with Crippen molar-refractivity contribution in [2.75, 3.05) is 32.7 Å². The Kier molecular flexibility index (Phi) is 5.48. The highest BCUT2D eigenvalue weighted by Gasteiger charge is 2.46. The number of carbonyl (C=O) groups excluding carboxylic acids is 1. The fourth-order valence-corrected chi connectivity index (χ4v) is 3.56. The zero-order valence-corrected chi connectivity index (χ0v) is 13.7. The number of nitrogens with zero attached hydrogens (tertiary/aromatic N) is 2. The van der Waals surface area contributed by atoms with E-state index in [1.54, 1.807) is 0 Å². The van der Waals surface area contributed by atoms with Crippen LogP contribution in [0.2, 0.25) is 0 Å². The van der Waals surface area contributed by atoms with E-state index in [1.807, 2.05) is 0 Å². The molecular formula is C17H32N2O. The van der Waals surface area contributed by atoms with Gasteiger partial charge in [0.05, 0.1) is 0 Å². The molecule has 1 unspecified atom stereocenters. The first kappa shape index (κ1) is 15.8. The summed E-state index contributed by atoms with van der Waals surface area (Å²) in [5.74, 6) is 1.08. The van der Waals surface area contributed by atoms with Gasteiger partial charge in [-0.25, -0.2) is 0 Å². The molecule has 2 saturated heterocycles. The van der Waals surface area contributed by atoms with Crippen LogP contribution in [0.4, 0.5) is 0 Å². The second-order valence-corrected chi connectivity index (χ2v) is 7.14. The Hall–Kier alpha value is -0.570. The largest absolute Gasteiger partial charge is 0.341 e. The summed E-state index contributed by atoms with van der Waals surface area (Å²) >= 11 is 0. The van der Waals surface area contributed by atoms with Gasteiger partial charge in [0, 0.05) is 24.9 Å². The molecule has 0 aromatic carbocycles. The maximum absolute atomic E-state index is 12.2. The number of amides is 1. The molecule has 1 atom stereocenters. The Labute approximate surface area is 124 Å². The third-order valence-electron chi connectivity index (χ3n) is 5.41. The molecule has 2 fully saturated rings. The van der Waals surface area contributed by atoms with Crippen LogP contribution in [0.15, 0.2) is 0 Å². The van der Waals surface area contributed by atoms with Crippen LogP contribution >= 0.6 is 0 Å². The lowest BCUT2D eigenvalue weighted by molar-refractivity contribution is -0.147. The number of hydrogen-bond acceptors (Lipinski definition) is 2. The summed E-state index contributed by atoms with van der Waals surface area (Å²) in [5, 5.41) is 0. The van der Waals surface area contributed by atoms with Crippen molar-refractivity contribution in [3.63, 3.8) is 0 Å². The van der Waals surface area contributed by atoms with Crippen molar-refractivity contribution in [3.8, 4) is 0 Å². The topological polar surface area (TPSA) is 23.6 Å². The number of likely N-dealkylation sites (tertiary alicyclic amines) is 2. The summed E-state index contributed by atoms with van der Waals surface area (Å²) in [5.41, 5.74) is 0.482. The predicted molar refractivity (Wildman–Crippen MR) is 83.7 cm³/mol. The highest BCUT2D eigenvalue weighted by Crippen LogP contribution is 2.40. The first-order valence-corrected chi connectivity index (χ1v) is 8.58. The molecule has 0 N–H and O–H groups in total. The molecule has 116 valence electrons. The van der Waals surface area contributed by atoms with E-state index in [0.717, 1.165) is 25.9 Å². The van der Waals surface area contributed by atoms with Crippen LogP contribution in [0.1, 0.15) is 59.3 Å². The van der Waals surface area contributed by atoms with Crippen LogP contribution in [0.5, 0.6) is 0 Å². The van der Waals surface area contributed by atoms with Crippen molar-refractivity contribution in [2.24, 2.45) is 11.3 Å². The summed E-state index contributed by atoms with van der Waals surface area (Å²) < 4.78 is 0. The lowest BCUT2D eigenvalue weighted by Crippen LogP contribution is -2.61. The number of hydrogen-bond donors (Lipinski definition) is 0. The third kappa shape index (κ3) is 3.75. The first-order chi connectivity index (χ1) is 9.58. The maximum atomic E-state index is 12.2. The molecule has 2 aliphatic rings. The van der Waals surface area contributed by atoms with E-state index in [2.05, 4.69) is 30.6 Å². The Morgan fingerprint density at radius 2 is 1.85 bits per heavy atom. The molecule has 3 nitrogen and oxygen atoms in total. The lowest BCUT2D eigenvalue weighted by atomic mass is 9.72. The van der Waals surface area contributed by atoms with Crippen LogP contribution in [-0.4, -0.2) is 48.4 Å². The van der Waals surface area contributed by atoms with Crippen molar-refractivity contribution in [1.82, 2.24) is 9.80 Å². The van der Waals surface area contributed by atoms with E-state index in [9.17, 15) is 4.79 Å². The summed E-state index contributed by atoms with van der Waals surface area (Å²) in [7, 11) is 0. The summed E-state index contributed by atoms with van der Waals surface area (Å²) in [6.45, 7) is 12.5. The molecule has 2 rings (SSSR count). The zero-order valence-electron chi connectivity index (χ0n) is 13.7. The van der Waals surface area contributed by atoms with Crippen molar-refractivity contribution in [1.29, 1.82) is 0 Å². The van der Waals surface area contributed by atoms with Crippen molar-refractivity contribution >= 4 is 5.91 Å². The molecule has 0 aromatic rings. The molecule has 0 aliphatic carbocycles. The van der Waals surface area contributed by atoms with Gasteiger partial charge in [-0.15, -0.1) is 0 Å². The Balaban J connectivity index is 1.68. The van der Waals surface area contributed by atoms with Gasteiger partial charge in [-0.3, -0.25) is 4.79 Å². The van der Waals surface area contributed by atoms with Crippen LogP contribution in [0.25, 0.3) is 0 Å². The molecule has 1 spiro atoms. The molecule has 3 heteroatoms. The van der Waals surface area contributed by atoms with Gasteiger partial charge in [0.25, 0.3) is 0 Å². The summed E-state index contributed by atoms with van der Waals surface area (Å²) in [6.07, 6.45) is 6.85. The molecule has 2 aliphatic heterocycles. The fraction of sp³-hybridized carbons (Fsp3) is 0.941. The van der Waals surface area contributed by atoms with Gasteiger partial charge in [-0.1, -0.05) is 27.2 Å². The fourth-order valence-electron chi connectivity index (χ4n) is 3.56. The van der Waals surface area contributed by atoms with E-state index in [0.29, 0.717) is 17.2 Å². The molecule has 20 heavy (non-hydrogen) atoms. The number of rotatable bonds is 6. The Morgan fingerprint density at radius 1 is 1.20 bits per heavy atom. The van der Waals surface area contributed by atoms with E-state index in [4.69, 9.17) is 0 Å². The standard InChI is InChI=1S/C17H32N2O/c1-4-10-18-11-8-17(9-12-18)13-19(14-17)16(20)7-6-15(3)5-2/h15H,4-14H2,1-3H3. The van der Waals surface area contributed by atoms with Gasteiger partial charge in [0.15, 0.2) is 0 Å². The third-order valence-corrected chi connectivity index (χ3v) is 5.41. The van der Waals surface area contributed by atoms with Crippen LogP contribution in [0, 0.1) is 11.3 Å². The SMILES string of the molecule is CCCN1CCC2(CC1)CN(C(=O)CCC(C)CC)C2. The second kappa shape index (κ2) is 6.93. The molecular weight excluding hydrogens is 248 g/mol. The van der Waals surface area contributed by atoms with Crippen LogP contribution in [-0.2, 0) is 4.79 Å². The second-order valence-electron chi connectivity index (χ2n) is 7.14. The van der Waals surface area contributed by atoms with E-state index < -0.39 is 0 Å². The minimum atomic E-state index is 0.395. The first-order valence-electron chi connectivity index (χ1n) is 8.58. The maximum Gasteiger partial charge on any atom is 0.222 e. The Morgan fingerprint density at radius 3 is 2.40 bits per heavy atom. The van der Waals surface area contributed by atoms with Crippen LogP contribution < -0.4 is 0 Å². The van der Waals surface area contributed by atoms with Gasteiger partial charge >= 0.3 is 0 Å². The smallest absolute Gasteiger partial charge is 0.222 e. The average molecular weight is 280 g/mol. The normalized spacial score (nSPS) is 23.6. The zero-order chi connectivity index (χ0) is 14.6. The molecule has 1 amide bonds. The average Bonchev–Trinajstić information content (AvgIpc) is 2.43. The molecule has 0 saturated carbocycles. The van der Waals surface area contributed by atoms with Gasteiger partial charge in [0.1, 0.15) is 0 Å². The van der Waals surface area contributed by atoms with Crippen molar-refractivity contribution < 1.29 is 4.79 Å².